The van der Waals surface area contributed by atoms with Crippen LogP contribution in [-0.4, -0.2) is 29.2 Å². The summed E-state index contributed by atoms with van der Waals surface area (Å²) in [5.41, 5.74) is 5.16. The summed E-state index contributed by atoms with van der Waals surface area (Å²) in [6, 6.07) is 7.07. The molecule has 4 nitrogen and oxygen atoms in total. The highest BCUT2D eigenvalue weighted by Crippen LogP contribution is 2.31. The third-order valence-electron chi connectivity index (χ3n) is 4.80. The Hall–Kier alpha value is -1.59. The Morgan fingerprint density at radius 1 is 1.36 bits per heavy atom. The molecule has 0 saturated carbocycles. The molecule has 25 heavy (non-hydrogen) atoms. The van der Waals surface area contributed by atoms with E-state index in [0.29, 0.717) is 17.1 Å². The molecule has 1 aliphatic rings. The van der Waals surface area contributed by atoms with E-state index in [1.54, 1.807) is 0 Å². The Bertz CT molecular complexity index is 735. The quantitative estimate of drug-likeness (QED) is 0.590. The maximum Gasteiger partial charge on any atom is 0.170 e. The van der Waals surface area contributed by atoms with Gasteiger partial charge in [0.15, 0.2) is 5.11 Å². The minimum atomic E-state index is 0.581. The van der Waals surface area contributed by atoms with Gasteiger partial charge in [-0.15, -0.1) is 0 Å². The van der Waals surface area contributed by atoms with Gasteiger partial charge in [-0.3, -0.25) is 0 Å². The second-order valence-corrected chi connectivity index (χ2v) is 7.87. The Balaban J connectivity index is 1.76. The number of nitrogens with one attached hydrogen (secondary N) is 4. The zero-order valence-corrected chi connectivity index (χ0v) is 16.4. The van der Waals surface area contributed by atoms with Crippen LogP contribution in [0.3, 0.4) is 0 Å². The predicted octanol–water partition coefficient (Wildman–Crippen LogP) is 3.97. The van der Waals surface area contributed by atoms with Gasteiger partial charge in [0.2, 0.25) is 0 Å². The van der Waals surface area contributed by atoms with Crippen molar-refractivity contribution in [3.63, 3.8) is 0 Å². The molecule has 136 valence electrons. The van der Waals surface area contributed by atoms with Crippen molar-refractivity contribution in [3.8, 4) is 0 Å². The maximum absolute atomic E-state index is 5.36. The fourth-order valence-electron chi connectivity index (χ4n) is 3.49. The van der Waals surface area contributed by atoms with Gasteiger partial charge in [-0.05, 0) is 74.1 Å². The lowest BCUT2D eigenvalue weighted by atomic mass is 9.91. The van der Waals surface area contributed by atoms with Crippen LogP contribution in [0.1, 0.15) is 44.9 Å². The summed E-state index contributed by atoms with van der Waals surface area (Å²) in [5.74, 6) is 0.691. The fraction of sp³-hybridized carbons (Fsp3) is 0.550. The van der Waals surface area contributed by atoms with Crippen molar-refractivity contribution in [2.24, 2.45) is 5.92 Å². The summed E-state index contributed by atoms with van der Waals surface area (Å²) < 4.78 is 0. The van der Waals surface area contributed by atoms with Gasteiger partial charge in [-0.2, -0.15) is 0 Å². The zero-order chi connectivity index (χ0) is 17.8. The molecule has 0 saturated heterocycles. The van der Waals surface area contributed by atoms with E-state index in [9.17, 15) is 0 Å². The van der Waals surface area contributed by atoms with Crippen LogP contribution in [0.15, 0.2) is 18.2 Å². The van der Waals surface area contributed by atoms with E-state index in [0.717, 1.165) is 38.0 Å². The van der Waals surface area contributed by atoms with Gasteiger partial charge in [0.25, 0.3) is 0 Å². The standard InChI is InChI=1S/C20H30N4S/c1-4-9-21-20(25)23-15-6-8-19-17(11-15)16-10-14(22-12-13(2)3)5-7-18(16)24-19/h6,8,11,13-14,22,24H,4-5,7,9-10,12H2,1-3H3,(H2,21,23,25). The number of anilines is 1. The van der Waals surface area contributed by atoms with Crippen molar-refractivity contribution in [1.82, 2.24) is 15.6 Å². The van der Waals surface area contributed by atoms with Gasteiger partial charge >= 0.3 is 0 Å². The second-order valence-electron chi connectivity index (χ2n) is 7.47. The van der Waals surface area contributed by atoms with E-state index in [-0.39, 0.29) is 0 Å². The number of H-pyrrole nitrogens is 1. The molecular weight excluding hydrogens is 328 g/mol. The monoisotopic (exact) mass is 358 g/mol. The summed E-state index contributed by atoms with van der Waals surface area (Å²) in [7, 11) is 0. The number of aryl methyl sites for hydroxylation is 1. The van der Waals surface area contributed by atoms with Crippen LogP contribution in [0.5, 0.6) is 0 Å². The van der Waals surface area contributed by atoms with Crippen LogP contribution in [0.2, 0.25) is 0 Å². The van der Waals surface area contributed by atoms with Crippen molar-refractivity contribution in [2.45, 2.75) is 52.5 Å². The van der Waals surface area contributed by atoms with Crippen molar-refractivity contribution in [3.05, 3.63) is 29.5 Å². The lowest BCUT2D eigenvalue weighted by Gasteiger charge is -2.24. The van der Waals surface area contributed by atoms with E-state index in [1.807, 2.05) is 0 Å². The molecule has 0 fully saturated rings. The van der Waals surface area contributed by atoms with Gasteiger partial charge < -0.3 is 20.9 Å². The van der Waals surface area contributed by atoms with Crippen LogP contribution in [0.4, 0.5) is 5.69 Å². The first kappa shape index (κ1) is 18.2. The topological polar surface area (TPSA) is 51.9 Å². The zero-order valence-electron chi connectivity index (χ0n) is 15.5. The SMILES string of the molecule is CCCNC(=S)Nc1ccc2[nH]c3c(c2c1)CC(NCC(C)C)CC3. The van der Waals surface area contributed by atoms with Gasteiger partial charge in [0.1, 0.15) is 0 Å². The van der Waals surface area contributed by atoms with Gasteiger partial charge in [-0.1, -0.05) is 20.8 Å². The van der Waals surface area contributed by atoms with Crippen LogP contribution in [0.25, 0.3) is 10.9 Å². The Morgan fingerprint density at radius 2 is 2.20 bits per heavy atom. The molecule has 1 aromatic heterocycles. The number of fused-ring (bicyclic) bond motifs is 3. The largest absolute Gasteiger partial charge is 0.362 e. The maximum atomic E-state index is 5.36. The summed E-state index contributed by atoms with van der Waals surface area (Å²) in [5, 5.41) is 12.3. The minimum absolute atomic E-state index is 0.581. The number of hydrogen-bond donors (Lipinski definition) is 4. The van der Waals surface area contributed by atoms with E-state index in [1.165, 1.54) is 28.6 Å². The van der Waals surface area contributed by atoms with Crippen molar-refractivity contribution < 1.29 is 0 Å². The highest BCUT2D eigenvalue weighted by Gasteiger charge is 2.22. The van der Waals surface area contributed by atoms with Gasteiger partial charge in [0, 0.05) is 34.9 Å². The van der Waals surface area contributed by atoms with Crippen LogP contribution in [0, 0.1) is 5.92 Å². The predicted molar refractivity (Wildman–Crippen MR) is 111 cm³/mol. The van der Waals surface area contributed by atoms with Gasteiger partial charge in [0.05, 0.1) is 0 Å². The Labute approximate surface area is 156 Å². The van der Waals surface area contributed by atoms with E-state index >= 15 is 0 Å². The molecule has 3 rings (SSSR count). The van der Waals surface area contributed by atoms with Crippen molar-refractivity contribution in [2.75, 3.05) is 18.4 Å². The average Bonchev–Trinajstić information content (AvgIpc) is 2.95. The molecule has 0 radical (unpaired) electrons. The third-order valence-corrected chi connectivity index (χ3v) is 5.04. The molecule has 5 heteroatoms. The molecule has 0 spiro atoms. The van der Waals surface area contributed by atoms with Crippen molar-refractivity contribution in [1.29, 1.82) is 0 Å². The highest BCUT2D eigenvalue weighted by atomic mass is 32.1. The van der Waals surface area contributed by atoms with E-state index < -0.39 is 0 Å². The van der Waals surface area contributed by atoms with Crippen LogP contribution >= 0.6 is 12.2 Å². The molecule has 0 amide bonds. The molecule has 1 atom stereocenters. The minimum Gasteiger partial charge on any atom is -0.362 e. The number of aromatic nitrogens is 1. The molecule has 0 bridgehead atoms. The summed E-state index contributed by atoms with van der Waals surface area (Å²) in [6.45, 7) is 8.65. The molecule has 1 unspecified atom stereocenters. The number of aromatic amines is 1. The lowest BCUT2D eigenvalue weighted by Crippen LogP contribution is -2.36. The molecule has 0 aliphatic heterocycles. The lowest BCUT2D eigenvalue weighted by molar-refractivity contribution is 0.424. The Morgan fingerprint density at radius 3 is 2.96 bits per heavy atom. The van der Waals surface area contributed by atoms with Crippen LogP contribution in [-0.2, 0) is 12.8 Å². The molecule has 2 aromatic rings. The molecular formula is C20H30N4S. The van der Waals surface area contributed by atoms with Crippen molar-refractivity contribution >= 4 is 33.9 Å². The first-order chi connectivity index (χ1) is 12.1. The summed E-state index contributed by atoms with van der Waals surface area (Å²) in [6.07, 6.45) is 4.50. The smallest absolute Gasteiger partial charge is 0.170 e. The second kappa shape index (κ2) is 8.19. The first-order valence-electron chi connectivity index (χ1n) is 9.48. The molecule has 1 aliphatic carbocycles. The van der Waals surface area contributed by atoms with Gasteiger partial charge in [-0.25, -0.2) is 0 Å². The van der Waals surface area contributed by atoms with E-state index in [4.69, 9.17) is 12.2 Å². The Kier molecular flexibility index (Phi) is 5.97. The van der Waals surface area contributed by atoms with E-state index in [2.05, 4.69) is 59.9 Å². The molecule has 4 N–H and O–H groups in total. The highest BCUT2D eigenvalue weighted by molar-refractivity contribution is 7.80. The number of benzene rings is 1. The fourth-order valence-corrected chi connectivity index (χ4v) is 3.71. The van der Waals surface area contributed by atoms with Crippen LogP contribution < -0.4 is 16.0 Å². The third kappa shape index (κ3) is 4.53. The summed E-state index contributed by atoms with van der Waals surface area (Å²) >= 11 is 5.36. The number of thiocarbonyl (C=S) groups is 1. The number of rotatable bonds is 6. The molecule has 1 aromatic carbocycles. The number of hydrogen-bond acceptors (Lipinski definition) is 2. The average molecular weight is 359 g/mol. The normalized spacial score (nSPS) is 16.9. The summed E-state index contributed by atoms with van der Waals surface area (Å²) in [4.78, 5) is 3.61. The first-order valence-corrected chi connectivity index (χ1v) is 9.89. The molecule has 1 heterocycles.